The molecule has 0 aliphatic carbocycles. The maximum atomic E-state index is 12.8. The summed E-state index contributed by atoms with van der Waals surface area (Å²) < 4.78 is 49.2. The molecule has 1 aromatic heterocycles. The SMILES string of the molecule is N#Cc1c(F)ncc(C(F)F)c1F. The third-order valence-corrected chi connectivity index (χ3v) is 1.34. The zero-order valence-corrected chi connectivity index (χ0v) is 6.06. The van der Waals surface area contributed by atoms with Crippen LogP contribution in [0.15, 0.2) is 6.20 Å². The van der Waals surface area contributed by atoms with Crippen LogP contribution in [0.25, 0.3) is 0 Å². The Bertz CT molecular complexity index is 369. The van der Waals surface area contributed by atoms with E-state index in [-0.39, 0.29) is 0 Å². The van der Waals surface area contributed by atoms with Crippen molar-refractivity contribution in [1.29, 1.82) is 5.26 Å². The van der Waals surface area contributed by atoms with Gasteiger partial charge in [0.25, 0.3) is 6.43 Å². The molecule has 0 saturated carbocycles. The minimum Gasteiger partial charge on any atom is -0.226 e. The molecule has 13 heavy (non-hydrogen) atoms. The Kier molecular flexibility index (Phi) is 2.46. The maximum Gasteiger partial charge on any atom is 0.268 e. The lowest BCUT2D eigenvalue weighted by Gasteiger charge is -2.01. The largest absolute Gasteiger partial charge is 0.268 e. The maximum absolute atomic E-state index is 12.8. The van der Waals surface area contributed by atoms with Gasteiger partial charge in [0.15, 0.2) is 5.82 Å². The Morgan fingerprint density at radius 3 is 2.46 bits per heavy atom. The molecule has 0 saturated heterocycles. The van der Waals surface area contributed by atoms with Gasteiger partial charge in [0.05, 0.1) is 5.56 Å². The van der Waals surface area contributed by atoms with Crippen LogP contribution in [0, 0.1) is 23.1 Å². The lowest BCUT2D eigenvalue weighted by atomic mass is 10.2. The van der Waals surface area contributed by atoms with Gasteiger partial charge in [-0.1, -0.05) is 0 Å². The van der Waals surface area contributed by atoms with Crippen molar-refractivity contribution in [3.8, 4) is 6.07 Å². The van der Waals surface area contributed by atoms with Gasteiger partial charge >= 0.3 is 0 Å². The lowest BCUT2D eigenvalue weighted by molar-refractivity contribution is 0.145. The first-order valence-electron chi connectivity index (χ1n) is 3.10. The normalized spacial score (nSPS) is 10.2. The van der Waals surface area contributed by atoms with Crippen molar-refractivity contribution in [3.05, 3.63) is 29.1 Å². The fraction of sp³-hybridized carbons (Fsp3) is 0.143. The third kappa shape index (κ3) is 1.59. The molecule has 0 atom stereocenters. The molecule has 0 bridgehead atoms. The number of rotatable bonds is 1. The summed E-state index contributed by atoms with van der Waals surface area (Å²) in [4.78, 5) is 2.82. The molecule has 1 heterocycles. The fourth-order valence-electron chi connectivity index (χ4n) is 0.730. The second-order valence-corrected chi connectivity index (χ2v) is 2.11. The fourth-order valence-corrected chi connectivity index (χ4v) is 0.730. The molecule has 0 aromatic carbocycles. The Morgan fingerprint density at radius 2 is 2.00 bits per heavy atom. The number of alkyl halides is 2. The average molecular weight is 190 g/mol. The van der Waals surface area contributed by atoms with Crippen LogP contribution in [0.4, 0.5) is 17.6 Å². The van der Waals surface area contributed by atoms with Gasteiger partial charge < -0.3 is 0 Å². The Morgan fingerprint density at radius 1 is 1.38 bits per heavy atom. The van der Waals surface area contributed by atoms with Crippen LogP contribution in [0.2, 0.25) is 0 Å². The van der Waals surface area contributed by atoms with Crippen molar-refractivity contribution < 1.29 is 17.6 Å². The lowest BCUT2D eigenvalue weighted by Crippen LogP contribution is -2.00. The first-order valence-corrected chi connectivity index (χ1v) is 3.10. The molecule has 0 spiro atoms. The van der Waals surface area contributed by atoms with E-state index >= 15 is 0 Å². The number of nitriles is 1. The highest BCUT2D eigenvalue weighted by molar-refractivity contribution is 5.33. The number of nitrogens with zero attached hydrogens (tertiary/aromatic N) is 2. The van der Waals surface area contributed by atoms with E-state index in [1.54, 1.807) is 0 Å². The molecule has 68 valence electrons. The van der Waals surface area contributed by atoms with Gasteiger partial charge in [-0.05, 0) is 0 Å². The third-order valence-electron chi connectivity index (χ3n) is 1.34. The van der Waals surface area contributed by atoms with Crippen molar-refractivity contribution in [3.63, 3.8) is 0 Å². The van der Waals surface area contributed by atoms with Crippen LogP contribution in [0.1, 0.15) is 17.6 Å². The van der Waals surface area contributed by atoms with Gasteiger partial charge in [0, 0.05) is 6.20 Å². The predicted octanol–water partition coefficient (Wildman–Crippen LogP) is 2.17. The number of pyridine rings is 1. The van der Waals surface area contributed by atoms with E-state index in [0.717, 1.165) is 6.07 Å². The van der Waals surface area contributed by atoms with Crippen molar-refractivity contribution in [2.24, 2.45) is 0 Å². The minimum absolute atomic E-state index is 0.371. The summed E-state index contributed by atoms with van der Waals surface area (Å²) in [6, 6.07) is 1.11. The molecule has 0 radical (unpaired) electrons. The summed E-state index contributed by atoms with van der Waals surface area (Å²) in [5.41, 5.74) is -2.16. The number of aromatic nitrogens is 1. The van der Waals surface area contributed by atoms with Crippen LogP contribution in [0.3, 0.4) is 0 Å². The molecule has 0 aliphatic heterocycles. The number of hydrogen-bond donors (Lipinski definition) is 0. The Hall–Kier alpha value is -1.64. The van der Waals surface area contributed by atoms with Crippen molar-refractivity contribution in [2.45, 2.75) is 6.43 Å². The van der Waals surface area contributed by atoms with Crippen molar-refractivity contribution in [2.75, 3.05) is 0 Å². The van der Waals surface area contributed by atoms with E-state index < -0.39 is 29.3 Å². The molecule has 0 unspecified atom stereocenters. The molecule has 0 aliphatic rings. The van der Waals surface area contributed by atoms with Crippen LogP contribution in [-0.4, -0.2) is 4.98 Å². The summed E-state index contributed by atoms with van der Waals surface area (Å²) in [7, 11) is 0. The topological polar surface area (TPSA) is 36.7 Å². The number of halogens is 4. The number of hydrogen-bond acceptors (Lipinski definition) is 2. The molecule has 1 aromatic rings. The second-order valence-electron chi connectivity index (χ2n) is 2.11. The molecule has 1 rings (SSSR count). The Labute approximate surface area is 70.4 Å². The van der Waals surface area contributed by atoms with E-state index in [9.17, 15) is 17.6 Å². The van der Waals surface area contributed by atoms with E-state index in [0.29, 0.717) is 6.20 Å². The zero-order chi connectivity index (χ0) is 10.0. The summed E-state index contributed by atoms with van der Waals surface area (Å²) in [6.07, 6.45) is -2.74. The first-order chi connectivity index (χ1) is 6.07. The zero-order valence-electron chi connectivity index (χ0n) is 6.06. The van der Waals surface area contributed by atoms with Crippen LogP contribution in [0.5, 0.6) is 0 Å². The molecular formula is C7H2F4N2. The monoisotopic (exact) mass is 190 g/mol. The van der Waals surface area contributed by atoms with Crippen LogP contribution in [-0.2, 0) is 0 Å². The van der Waals surface area contributed by atoms with Crippen LogP contribution < -0.4 is 0 Å². The summed E-state index contributed by atoms with van der Waals surface area (Å²) >= 11 is 0. The predicted molar refractivity (Wildman–Crippen MR) is 33.8 cm³/mol. The molecule has 2 nitrogen and oxygen atoms in total. The van der Waals surface area contributed by atoms with Gasteiger partial charge in [0.1, 0.15) is 11.6 Å². The van der Waals surface area contributed by atoms with E-state index in [1.165, 1.54) is 0 Å². The van der Waals surface area contributed by atoms with E-state index in [2.05, 4.69) is 4.98 Å². The minimum atomic E-state index is -3.11. The molecular weight excluding hydrogens is 188 g/mol. The quantitative estimate of drug-likeness (QED) is 0.502. The smallest absolute Gasteiger partial charge is 0.226 e. The van der Waals surface area contributed by atoms with Gasteiger partial charge in [-0.2, -0.15) is 9.65 Å². The molecule has 6 heteroatoms. The van der Waals surface area contributed by atoms with Gasteiger partial charge in [-0.25, -0.2) is 18.2 Å². The highest BCUT2D eigenvalue weighted by atomic mass is 19.3. The standard InChI is InChI=1S/C7H2F4N2/c8-5-3(1-12)7(11)13-2-4(5)6(9)10/h2,6H. The first kappa shape index (κ1) is 9.45. The van der Waals surface area contributed by atoms with Crippen LogP contribution >= 0.6 is 0 Å². The van der Waals surface area contributed by atoms with Crippen molar-refractivity contribution >= 4 is 0 Å². The average Bonchev–Trinajstić information content (AvgIpc) is 2.04. The highest BCUT2D eigenvalue weighted by Crippen LogP contribution is 2.23. The summed E-state index contributed by atoms with van der Waals surface area (Å²) in [5, 5.41) is 8.19. The summed E-state index contributed by atoms with van der Waals surface area (Å²) in [6.45, 7) is 0. The Balaban J connectivity index is 3.38. The van der Waals surface area contributed by atoms with E-state index in [4.69, 9.17) is 5.26 Å². The molecule has 0 N–H and O–H groups in total. The van der Waals surface area contributed by atoms with Gasteiger partial charge in [-0.15, -0.1) is 0 Å². The van der Waals surface area contributed by atoms with Crippen molar-refractivity contribution in [1.82, 2.24) is 4.98 Å². The summed E-state index contributed by atoms with van der Waals surface area (Å²) in [5.74, 6) is -2.94. The highest BCUT2D eigenvalue weighted by Gasteiger charge is 2.20. The van der Waals surface area contributed by atoms with E-state index in [1.807, 2.05) is 0 Å². The molecule has 0 fully saturated rings. The molecule has 0 amide bonds. The second kappa shape index (κ2) is 3.39. The van der Waals surface area contributed by atoms with Gasteiger partial charge in [0.2, 0.25) is 5.95 Å². The van der Waals surface area contributed by atoms with Gasteiger partial charge in [-0.3, -0.25) is 0 Å².